The van der Waals surface area contributed by atoms with Crippen molar-refractivity contribution in [3.63, 3.8) is 0 Å². The number of aliphatic hydroxyl groups excluding tert-OH is 1. The van der Waals surface area contributed by atoms with E-state index in [9.17, 15) is 27.9 Å². The number of rotatable bonds is 5. The highest BCUT2D eigenvalue weighted by atomic mass is 19.4. The van der Waals surface area contributed by atoms with Gasteiger partial charge in [-0.25, -0.2) is 9.78 Å². The number of H-pyrrole nitrogens is 1. The summed E-state index contributed by atoms with van der Waals surface area (Å²) in [6.07, 6.45) is -4.44. The molecular weight excluding hydrogens is 489 g/mol. The molecule has 0 bridgehead atoms. The molecule has 3 rings (SSSR count). The van der Waals surface area contributed by atoms with Gasteiger partial charge in [0.1, 0.15) is 17.5 Å². The molecule has 1 saturated heterocycles. The maximum absolute atomic E-state index is 13.7. The number of hydrogen-bond acceptors (Lipinski definition) is 5. The number of benzene rings is 1. The molecule has 0 radical (unpaired) electrons. The normalized spacial score (nSPS) is 19.6. The van der Waals surface area contributed by atoms with Gasteiger partial charge in [-0.2, -0.15) is 13.2 Å². The lowest BCUT2D eigenvalue weighted by molar-refractivity contribution is -0.138. The van der Waals surface area contributed by atoms with Gasteiger partial charge in [-0.05, 0) is 37.8 Å². The minimum absolute atomic E-state index is 0.0268. The average molecular weight is 525 g/mol. The van der Waals surface area contributed by atoms with Crippen molar-refractivity contribution >= 4 is 12.0 Å². The van der Waals surface area contributed by atoms with E-state index < -0.39 is 52.9 Å². The molecular formula is C26H35F3N4O4. The number of β-amino-alcohol motifs (C(OH)–C–C–N with tert-alkyl or cyclic N) is 1. The number of aliphatic hydroxyl groups is 1. The van der Waals surface area contributed by atoms with Crippen LogP contribution in [0.4, 0.5) is 18.0 Å². The van der Waals surface area contributed by atoms with E-state index in [0.29, 0.717) is 11.5 Å². The van der Waals surface area contributed by atoms with Crippen molar-refractivity contribution in [3.8, 4) is 0 Å². The van der Waals surface area contributed by atoms with E-state index in [4.69, 9.17) is 4.74 Å². The Morgan fingerprint density at radius 2 is 1.84 bits per heavy atom. The van der Waals surface area contributed by atoms with Gasteiger partial charge in [0.15, 0.2) is 0 Å². The lowest BCUT2D eigenvalue weighted by Gasteiger charge is -2.35. The quantitative estimate of drug-likeness (QED) is 0.530. The molecule has 11 heteroatoms. The molecule has 2 amide bonds. The average Bonchev–Trinajstić information content (AvgIpc) is 3.35. The molecule has 0 spiro atoms. The first-order chi connectivity index (χ1) is 17.0. The number of alkyl carbamates (subject to hydrolysis) is 1. The molecule has 1 fully saturated rings. The summed E-state index contributed by atoms with van der Waals surface area (Å²) in [7, 11) is 0. The SMILES string of the molecule is CC(C)(C)OC(=O)N[C@H](C(=O)N1C[C@H](O)C[C@H]1c1ncc(Cc2ccccc2C(F)(F)F)[nH]1)C(C)(C)C. The molecule has 37 heavy (non-hydrogen) atoms. The fourth-order valence-electron chi connectivity index (χ4n) is 4.35. The predicted octanol–water partition coefficient (Wildman–Crippen LogP) is 4.59. The number of halogens is 3. The summed E-state index contributed by atoms with van der Waals surface area (Å²) in [5, 5.41) is 13.1. The highest BCUT2D eigenvalue weighted by Gasteiger charge is 2.44. The molecule has 1 aliphatic heterocycles. The minimum Gasteiger partial charge on any atom is -0.444 e. The third-order valence-corrected chi connectivity index (χ3v) is 6.00. The Labute approximate surface area is 214 Å². The first-order valence-corrected chi connectivity index (χ1v) is 12.1. The fraction of sp³-hybridized carbons (Fsp3) is 0.577. The summed E-state index contributed by atoms with van der Waals surface area (Å²) in [6, 6.07) is 3.73. The van der Waals surface area contributed by atoms with Crippen molar-refractivity contribution in [2.24, 2.45) is 5.41 Å². The third-order valence-electron chi connectivity index (χ3n) is 6.00. The van der Waals surface area contributed by atoms with Crippen molar-refractivity contribution in [2.75, 3.05) is 6.54 Å². The van der Waals surface area contributed by atoms with Crippen molar-refractivity contribution in [2.45, 2.75) is 84.3 Å². The maximum atomic E-state index is 13.7. The van der Waals surface area contributed by atoms with Crippen LogP contribution in [0.15, 0.2) is 30.5 Å². The van der Waals surface area contributed by atoms with E-state index in [1.54, 1.807) is 47.6 Å². The van der Waals surface area contributed by atoms with E-state index in [0.717, 1.165) is 6.07 Å². The van der Waals surface area contributed by atoms with Crippen molar-refractivity contribution < 1.29 is 32.6 Å². The van der Waals surface area contributed by atoms with Gasteiger partial charge in [-0.3, -0.25) is 4.79 Å². The number of aromatic amines is 1. The van der Waals surface area contributed by atoms with Gasteiger partial charge in [0.05, 0.1) is 17.7 Å². The van der Waals surface area contributed by atoms with Gasteiger partial charge >= 0.3 is 12.3 Å². The largest absolute Gasteiger partial charge is 0.444 e. The monoisotopic (exact) mass is 524 g/mol. The number of nitrogens with one attached hydrogen (secondary N) is 2. The van der Waals surface area contributed by atoms with Crippen LogP contribution in [-0.4, -0.2) is 56.3 Å². The second kappa shape index (κ2) is 10.4. The minimum atomic E-state index is -4.48. The topological polar surface area (TPSA) is 108 Å². The highest BCUT2D eigenvalue weighted by molar-refractivity contribution is 5.87. The van der Waals surface area contributed by atoms with Crippen LogP contribution in [0.5, 0.6) is 0 Å². The summed E-state index contributed by atoms with van der Waals surface area (Å²) in [4.78, 5) is 34.9. The Hall–Kier alpha value is -3.08. The molecule has 1 aromatic carbocycles. The van der Waals surface area contributed by atoms with E-state index in [-0.39, 0.29) is 24.9 Å². The smallest absolute Gasteiger partial charge is 0.416 e. The van der Waals surface area contributed by atoms with E-state index in [1.165, 1.54) is 23.2 Å². The first-order valence-electron chi connectivity index (χ1n) is 12.1. The number of hydrogen-bond donors (Lipinski definition) is 3. The van der Waals surface area contributed by atoms with Crippen molar-refractivity contribution in [3.05, 3.63) is 53.1 Å². The number of nitrogens with zero attached hydrogens (tertiary/aromatic N) is 2. The molecule has 2 aromatic rings. The van der Waals surface area contributed by atoms with Gasteiger partial charge in [-0.15, -0.1) is 0 Å². The summed E-state index contributed by atoms with van der Waals surface area (Å²) in [5.41, 5.74) is -1.61. The summed E-state index contributed by atoms with van der Waals surface area (Å²) >= 11 is 0. The van der Waals surface area contributed by atoms with Gasteiger partial charge in [0.25, 0.3) is 0 Å². The van der Waals surface area contributed by atoms with E-state index in [1.807, 2.05) is 0 Å². The van der Waals surface area contributed by atoms with Crippen LogP contribution < -0.4 is 5.32 Å². The molecule has 0 aliphatic carbocycles. The van der Waals surface area contributed by atoms with Crippen LogP contribution in [0.3, 0.4) is 0 Å². The van der Waals surface area contributed by atoms with Crippen molar-refractivity contribution in [1.82, 2.24) is 20.2 Å². The van der Waals surface area contributed by atoms with Crippen LogP contribution in [0.1, 0.15) is 76.7 Å². The van der Waals surface area contributed by atoms with Crippen LogP contribution in [-0.2, 0) is 22.1 Å². The van der Waals surface area contributed by atoms with E-state index >= 15 is 0 Å². The zero-order chi connectivity index (χ0) is 27.8. The van der Waals surface area contributed by atoms with Gasteiger partial charge in [0.2, 0.25) is 5.91 Å². The third kappa shape index (κ3) is 7.24. The fourth-order valence-corrected chi connectivity index (χ4v) is 4.35. The Bertz CT molecular complexity index is 1120. The molecule has 3 atom stereocenters. The molecule has 1 aliphatic rings. The molecule has 2 heterocycles. The Morgan fingerprint density at radius 1 is 1.19 bits per heavy atom. The molecule has 1 aromatic heterocycles. The summed E-state index contributed by atoms with van der Waals surface area (Å²) < 4.78 is 45.5. The van der Waals surface area contributed by atoms with Gasteiger partial charge < -0.3 is 25.0 Å². The zero-order valence-electron chi connectivity index (χ0n) is 21.9. The van der Waals surface area contributed by atoms with Gasteiger partial charge in [0, 0.05) is 31.3 Å². The van der Waals surface area contributed by atoms with Crippen LogP contribution in [0.2, 0.25) is 0 Å². The second-order valence-electron chi connectivity index (χ2n) is 11.5. The first kappa shape index (κ1) is 28.5. The molecule has 0 saturated carbocycles. The number of likely N-dealkylation sites (tertiary alicyclic amines) is 1. The second-order valence-corrected chi connectivity index (χ2v) is 11.5. The number of aromatic nitrogens is 2. The summed E-state index contributed by atoms with van der Waals surface area (Å²) in [5.74, 6) is -0.0606. The van der Waals surface area contributed by atoms with Crippen molar-refractivity contribution in [1.29, 1.82) is 0 Å². The van der Waals surface area contributed by atoms with Crippen LogP contribution in [0, 0.1) is 5.41 Å². The summed E-state index contributed by atoms with van der Waals surface area (Å²) in [6.45, 7) is 10.6. The number of carbonyl (C=O) groups excluding carboxylic acids is 2. The number of imidazole rings is 1. The van der Waals surface area contributed by atoms with E-state index in [2.05, 4.69) is 15.3 Å². The Kier molecular flexibility index (Phi) is 7.97. The molecule has 204 valence electrons. The molecule has 8 nitrogen and oxygen atoms in total. The predicted molar refractivity (Wildman–Crippen MR) is 131 cm³/mol. The number of alkyl halides is 3. The number of amides is 2. The highest BCUT2D eigenvalue weighted by Crippen LogP contribution is 2.35. The lowest BCUT2D eigenvalue weighted by Crippen LogP contribution is -2.55. The number of carbonyl (C=O) groups is 2. The van der Waals surface area contributed by atoms with Crippen LogP contribution >= 0.6 is 0 Å². The van der Waals surface area contributed by atoms with Gasteiger partial charge in [-0.1, -0.05) is 39.0 Å². The van der Waals surface area contributed by atoms with Crippen LogP contribution in [0.25, 0.3) is 0 Å². The standard InChI is InChI=1S/C26H35F3N4O4/c1-24(2,3)20(32-23(36)37-25(4,5)6)22(35)33-14-17(34)12-19(33)21-30-13-16(31-21)11-15-9-7-8-10-18(15)26(27,28)29/h7-10,13,17,19-20,34H,11-12,14H2,1-6H3,(H,30,31)(H,32,36)/t17-,19+,20-/m1/s1. The maximum Gasteiger partial charge on any atom is 0.416 e. The molecule has 0 unspecified atom stereocenters. The Balaban J connectivity index is 1.83. The molecule has 3 N–H and O–H groups in total. The Morgan fingerprint density at radius 3 is 2.43 bits per heavy atom. The number of ether oxygens (including phenoxy) is 1. The lowest BCUT2D eigenvalue weighted by atomic mass is 9.85. The zero-order valence-corrected chi connectivity index (χ0v) is 21.9.